The molecule has 1 aromatic carbocycles. The molecule has 6 nitrogen and oxygen atoms in total. The van der Waals surface area contributed by atoms with E-state index in [1.807, 2.05) is 0 Å². The van der Waals surface area contributed by atoms with E-state index in [9.17, 15) is 15.2 Å². The summed E-state index contributed by atoms with van der Waals surface area (Å²) in [6.45, 7) is -0.0162. The Morgan fingerprint density at radius 3 is 2.84 bits per heavy atom. The quantitative estimate of drug-likeness (QED) is 0.695. The molecule has 1 N–H and O–H groups in total. The molecule has 0 spiro atoms. The van der Waals surface area contributed by atoms with Crippen molar-refractivity contribution in [2.75, 3.05) is 0 Å². The fourth-order valence-electron chi connectivity index (χ4n) is 1.67. The summed E-state index contributed by atoms with van der Waals surface area (Å²) in [5.41, 5.74) is 0.453. The molecular weight excluding hydrogens is 293 g/mol. The first-order valence-electron chi connectivity index (χ1n) is 5.27. The monoisotopic (exact) mass is 301 g/mol. The van der Waals surface area contributed by atoms with Crippen LogP contribution in [0.5, 0.6) is 0 Å². The number of nitro groups is 1. The molecule has 0 aliphatic rings. The highest BCUT2D eigenvalue weighted by molar-refractivity contribution is 6.35. The highest BCUT2D eigenvalue weighted by Crippen LogP contribution is 2.27. The van der Waals surface area contributed by atoms with Gasteiger partial charge in [0.15, 0.2) is 0 Å². The highest BCUT2D eigenvalue weighted by atomic mass is 35.5. The minimum Gasteiger partial charge on any atom is -0.390 e. The molecule has 2 rings (SSSR count). The Labute approximate surface area is 118 Å². The van der Waals surface area contributed by atoms with Crippen LogP contribution in [0.2, 0.25) is 10.0 Å². The Bertz CT molecular complexity index is 615. The number of rotatable bonds is 4. The first-order valence-corrected chi connectivity index (χ1v) is 6.03. The number of hydrogen-bond donors (Lipinski definition) is 1. The molecule has 1 heterocycles. The standard InChI is InChI=1S/C11H9Cl2N3O3/c12-7-1-2-8(9(13)5-7)10(17)6-15-4-3-14-11(15)16(18)19/h1-5,10,17H,6H2. The number of nitrogens with zero attached hydrogens (tertiary/aromatic N) is 3. The normalized spacial score (nSPS) is 12.4. The van der Waals surface area contributed by atoms with Gasteiger partial charge in [-0.15, -0.1) is 0 Å². The van der Waals surface area contributed by atoms with Crippen molar-refractivity contribution in [1.82, 2.24) is 9.55 Å². The van der Waals surface area contributed by atoms with Crippen LogP contribution in [0.3, 0.4) is 0 Å². The van der Waals surface area contributed by atoms with Gasteiger partial charge >= 0.3 is 5.95 Å². The van der Waals surface area contributed by atoms with Crippen molar-refractivity contribution in [2.24, 2.45) is 0 Å². The summed E-state index contributed by atoms with van der Waals surface area (Å²) in [6, 6.07) is 4.68. The summed E-state index contributed by atoms with van der Waals surface area (Å²) >= 11 is 11.7. The van der Waals surface area contributed by atoms with Crippen molar-refractivity contribution >= 4 is 29.2 Å². The van der Waals surface area contributed by atoms with E-state index in [4.69, 9.17) is 23.2 Å². The zero-order valence-electron chi connectivity index (χ0n) is 9.53. The maximum Gasteiger partial charge on any atom is 0.434 e. The average Bonchev–Trinajstić information content (AvgIpc) is 2.76. The molecular formula is C11H9Cl2N3O3. The molecule has 0 radical (unpaired) electrons. The smallest absolute Gasteiger partial charge is 0.390 e. The highest BCUT2D eigenvalue weighted by Gasteiger charge is 2.20. The van der Waals surface area contributed by atoms with Gasteiger partial charge in [0.2, 0.25) is 0 Å². The number of benzene rings is 1. The number of imidazole rings is 1. The topological polar surface area (TPSA) is 81.2 Å². The van der Waals surface area contributed by atoms with Crippen LogP contribution in [0.1, 0.15) is 11.7 Å². The molecule has 19 heavy (non-hydrogen) atoms. The first kappa shape index (κ1) is 13.8. The summed E-state index contributed by atoms with van der Waals surface area (Å²) in [5.74, 6) is -0.330. The molecule has 8 heteroatoms. The fraction of sp³-hybridized carbons (Fsp3) is 0.182. The lowest BCUT2D eigenvalue weighted by atomic mass is 10.1. The molecule has 1 aromatic heterocycles. The van der Waals surface area contributed by atoms with Crippen LogP contribution >= 0.6 is 23.2 Å². The number of hydrogen-bond acceptors (Lipinski definition) is 4. The summed E-state index contributed by atoms with van der Waals surface area (Å²) in [7, 11) is 0. The Kier molecular flexibility index (Phi) is 4.04. The molecule has 0 fully saturated rings. The van der Waals surface area contributed by atoms with Crippen molar-refractivity contribution in [2.45, 2.75) is 12.6 Å². The van der Waals surface area contributed by atoms with Gasteiger partial charge in [-0.1, -0.05) is 34.3 Å². The Balaban J connectivity index is 2.23. The predicted octanol–water partition coefficient (Wildman–Crippen LogP) is 2.83. The van der Waals surface area contributed by atoms with Crippen LogP contribution in [0.15, 0.2) is 30.6 Å². The summed E-state index contributed by atoms with van der Waals surface area (Å²) < 4.78 is 1.25. The molecule has 0 aliphatic carbocycles. The number of halogens is 2. The van der Waals surface area contributed by atoms with Crippen LogP contribution in [0.4, 0.5) is 5.95 Å². The average molecular weight is 302 g/mol. The third-order valence-corrected chi connectivity index (χ3v) is 3.11. The molecule has 1 unspecified atom stereocenters. The van der Waals surface area contributed by atoms with Gasteiger partial charge in [0.25, 0.3) is 0 Å². The zero-order chi connectivity index (χ0) is 14.0. The third kappa shape index (κ3) is 3.04. The van der Waals surface area contributed by atoms with E-state index in [0.717, 1.165) is 0 Å². The number of aliphatic hydroxyl groups excluding tert-OH is 1. The Morgan fingerprint density at radius 2 is 2.21 bits per heavy atom. The van der Waals surface area contributed by atoms with E-state index in [2.05, 4.69) is 4.98 Å². The second-order valence-corrected chi connectivity index (χ2v) is 4.66. The molecule has 1 atom stereocenters. The first-order chi connectivity index (χ1) is 8.99. The summed E-state index contributed by atoms with van der Waals surface area (Å²) in [6.07, 6.45) is 1.73. The maximum absolute atomic E-state index is 10.7. The second-order valence-electron chi connectivity index (χ2n) is 3.82. The van der Waals surface area contributed by atoms with Crippen molar-refractivity contribution < 1.29 is 10.0 Å². The van der Waals surface area contributed by atoms with Gasteiger partial charge in [-0.3, -0.25) is 0 Å². The van der Waals surface area contributed by atoms with Crippen LogP contribution in [-0.4, -0.2) is 19.6 Å². The number of aromatic nitrogens is 2. The Hall–Kier alpha value is -1.63. The molecule has 0 amide bonds. The minimum atomic E-state index is -0.988. The second kappa shape index (κ2) is 5.56. The minimum absolute atomic E-state index is 0.0162. The lowest BCUT2D eigenvalue weighted by molar-refractivity contribution is -0.397. The van der Waals surface area contributed by atoms with Gasteiger partial charge < -0.3 is 15.2 Å². The molecule has 0 saturated heterocycles. The van der Waals surface area contributed by atoms with Crippen LogP contribution in [-0.2, 0) is 6.54 Å². The SMILES string of the molecule is O=[N+]([O-])c1nccn1CC(O)c1ccc(Cl)cc1Cl. The van der Waals surface area contributed by atoms with Gasteiger partial charge in [0, 0.05) is 15.6 Å². The third-order valence-electron chi connectivity index (χ3n) is 2.55. The largest absolute Gasteiger partial charge is 0.434 e. The van der Waals surface area contributed by atoms with E-state index >= 15 is 0 Å². The lowest BCUT2D eigenvalue weighted by Crippen LogP contribution is -2.11. The van der Waals surface area contributed by atoms with Gasteiger partial charge in [-0.25, -0.2) is 4.57 Å². The predicted molar refractivity (Wildman–Crippen MR) is 70.3 cm³/mol. The van der Waals surface area contributed by atoms with Crippen molar-refractivity contribution in [3.8, 4) is 0 Å². The van der Waals surface area contributed by atoms with Crippen LogP contribution < -0.4 is 0 Å². The molecule has 100 valence electrons. The van der Waals surface area contributed by atoms with Crippen LogP contribution in [0.25, 0.3) is 0 Å². The van der Waals surface area contributed by atoms with E-state index < -0.39 is 11.0 Å². The molecule has 0 saturated carbocycles. The van der Waals surface area contributed by atoms with Gasteiger partial charge in [-0.05, 0) is 17.1 Å². The van der Waals surface area contributed by atoms with E-state index in [-0.39, 0.29) is 12.5 Å². The zero-order valence-corrected chi connectivity index (χ0v) is 11.0. The summed E-state index contributed by atoms with van der Waals surface area (Å²) in [4.78, 5) is 13.7. The molecule has 0 bridgehead atoms. The Morgan fingerprint density at radius 1 is 1.47 bits per heavy atom. The lowest BCUT2D eigenvalue weighted by Gasteiger charge is -2.12. The molecule has 0 aliphatic heterocycles. The molecule has 2 aromatic rings. The maximum atomic E-state index is 10.7. The van der Waals surface area contributed by atoms with Gasteiger partial charge in [-0.2, -0.15) is 0 Å². The van der Waals surface area contributed by atoms with E-state index in [0.29, 0.717) is 15.6 Å². The van der Waals surface area contributed by atoms with Crippen molar-refractivity contribution in [3.05, 3.63) is 56.3 Å². The van der Waals surface area contributed by atoms with Crippen molar-refractivity contribution in [3.63, 3.8) is 0 Å². The van der Waals surface area contributed by atoms with E-state index in [1.165, 1.54) is 23.0 Å². The number of aliphatic hydroxyl groups is 1. The summed E-state index contributed by atoms with van der Waals surface area (Å²) in [5, 5.41) is 21.5. The van der Waals surface area contributed by atoms with E-state index in [1.54, 1.807) is 12.1 Å². The van der Waals surface area contributed by atoms with Crippen LogP contribution in [0, 0.1) is 10.1 Å². The van der Waals surface area contributed by atoms with Crippen molar-refractivity contribution in [1.29, 1.82) is 0 Å². The van der Waals surface area contributed by atoms with Gasteiger partial charge in [0.05, 0.1) is 0 Å². The fourth-order valence-corrected chi connectivity index (χ4v) is 2.21. The van der Waals surface area contributed by atoms with Gasteiger partial charge in [0.1, 0.15) is 25.0 Å².